The van der Waals surface area contributed by atoms with E-state index in [-0.39, 0.29) is 0 Å². The lowest BCUT2D eigenvalue weighted by molar-refractivity contribution is 0.0350. The molecule has 2 fully saturated rings. The fraction of sp³-hybridized carbons (Fsp3) is 0.600. The summed E-state index contributed by atoms with van der Waals surface area (Å²) in [6.45, 7) is 7.74. The highest BCUT2D eigenvalue weighted by molar-refractivity contribution is 7.07. The highest BCUT2D eigenvalue weighted by Crippen LogP contribution is 2.45. The molecule has 0 radical (unpaired) electrons. The van der Waals surface area contributed by atoms with Crippen LogP contribution in [0.15, 0.2) is 39.8 Å². The molecule has 2 aliphatic heterocycles. The zero-order valence-corrected chi connectivity index (χ0v) is 15.8. The summed E-state index contributed by atoms with van der Waals surface area (Å²) in [5.41, 5.74) is 3.17. The van der Waals surface area contributed by atoms with Gasteiger partial charge in [-0.1, -0.05) is 0 Å². The maximum absolute atomic E-state index is 5.60. The van der Waals surface area contributed by atoms with Crippen LogP contribution in [0.1, 0.15) is 24.0 Å². The molecule has 0 aromatic carbocycles. The van der Waals surface area contributed by atoms with Crippen LogP contribution in [0.5, 0.6) is 0 Å². The molecule has 1 atom stereocenters. The van der Waals surface area contributed by atoms with Gasteiger partial charge in [0.1, 0.15) is 0 Å². The van der Waals surface area contributed by atoms with Gasteiger partial charge in [-0.25, -0.2) is 0 Å². The molecule has 0 N–H and O–H groups in total. The molecular formula is C20H28N2O2S. The van der Waals surface area contributed by atoms with Crippen molar-refractivity contribution in [2.75, 3.05) is 39.9 Å². The van der Waals surface area contributed by atoms with E-state index in [1.54, 1.807) is 17.6 Å². The van der Waals surface area contributed by atoms with Crippen molar-refractivity contribution in [1.82, 2.24) is 9.80 Å². The lowest BCUT2D eigenvalue weighted by atomic mass is 9.71. The molecule has 1 spiro atoms. The van der Waals surface area contributed by atoms with E-state index in [9.17, 15) is 0 Å². The number of furan rings is 1. The van der Waals surface area contributed by atoms with E-state index < -0.39 is 0 Å². The molecule has 0 bridgehead atoms. The minimum atomic E-state index is 0.429. The second-order valence-corrected chi connectivity index (χ2v) is 8.50. The third kappa shape index (κ3) is 3.85. The maximum atomic E-state index is 5.60. The number of hydrogen-bond acceptors (Lipinski definition) is 5. The Hall–Kier alpha value is -1.14. The quantitative estimate of drug-likeness (QED) is 0.785. The molecule has 2 saturated heterocycles. The van der Waals surface area contributed by atoms with Gasteiger partial charge in [0.05, 0.1) is 19.1 Å². The number of hydrogen-bond donors (Lipinski definition) is 0. The number of likely N-dealkylation sites (tertiary alicyclic amines) is 2. The summed E-state index contributed by atoms with van der Waals surface area (Å²) in [5.74, 6) is 0.659. The predicted molar refractivity (Wildman–Crippen MR) is 101 cm³/mol. The van der Waals surface area contributed by atoms with Crippen molar-refractivity contribution < 1.29 is 9.15 Å². The fourth-order valence-electron chi connectivity index (χ4n) is 4.70. The highest BCUT2D eigenvalue weighted by Gasteiger charge is 2.47. The van der Waals surface area contributed by atoms with E-state index in [1.807, 2.05) is 13.4 Å². The van der Waals surface area contributed by atoms with E-state index in [0.29, 0.717) is 11.3 Å². The Morgan fingerprint density at radius 3 is 2.72 bits per heavy atom. The van der Waals surface area contributed by atoms with Crippen LogP contribution < -0.4 is 0 Å². The molecule has 5 heteroatoms. The summed E-state index contributed by atoms with van der Waals surface area (Å²) >= 11 is 1.80. The SMILES string of the molecule is COCC1CN(Cc2ccsc2)CC12CCN(Cc1ccoc1)CC2. The van der Waals surface area contributed by atoms with Gasteiger partial charge in [-0.3, -0.25) is 9.80 Å². The Labute approximate surface area is 154 Å². The Morgan fingerprint density at radius 1 is 1.20 bits per heavy atom. The number of piperidine rings is 1. The van der Waals surface area contributed by atoms with Crippen molar-refractivity contribution in [3.05, 3.63) is 46.5 Å². The van der Waals surface area contributed by atoms with Gasteiger partial charge >= 0.3 is 0 Å². The summed E-state index contributed by atoms with van der Waals surface area (Å²) in [5, 5.41) is 4.46. The molecule has 1 unspecified atom stereocenters. The molecule has 0 aliphatic carbocycles. The number of thiophene rings is 1. The highest BCUT2D eigenvalue weighted by atomic mass is 32.1. The van der Waals surface area contributed by atoms with Gasteiger partial charge in [0.15, 0.2) is 0 Å². The Kier molecular flexibility index (Phi) is 5.27. The standard InChI is InChI=1S/C20H28N2O2S/c1-23-14-19-12-22(11-18-3-9-25-15-18)16-20(19)4-6-21(7-5-20)10-17-2-8-24-13-17/h2-3,8-9,13,15,19H,4-7,10-12,14,16H2,1H3. The van der Waals surface area contributed by atoms with Gasteiger partial charge in [-0.2, -0.15) is 11.3 Å². The molecule has 136 valence electrons. The van der Waals surface area contributed by atoms with Crippen LogP contribution in [0, 0.1) is 11.3 Å². The molecule has 4 nitrogen and oxygen atoms in total. The minimum Gasteiger partial charge on any atom is -0.472 e. The summed E-state index contributed by atoms with van der Waals surface area (Å²) in [6, 6.07) is 4.34. The summed E-state index contributed by atoms with van der Waals surface area (Å²) in [4.78, 5) is 5.22. The number of methoxy groups -OCH3 is 1. The molecule has 2 aromatic heterocycles. The Morgan fingerprint density at radius 2 is 2.04 bits per heavy atom. The van der Waals surface area contributed by atoms with Gasteiger partial charge < -0.3 is 9.15 Å². The van der Waals surface area contributed by atoms with E-state index >= 15 is 0 Å². The van der Waals surface area contributed by atoms with Gasteiger partial charge in [-0.05, 0) is 59.8 Å². The first kappa shape index (κ1) is 17.3. The van der Waals surface area contributed by atoms with Crippen LogP contribution in [-0.4, -0.2) is 49.7 Å². The normalized spacial score (nSPS) is 24.3. The molecular weight excluding hydrogens is 332 g/mol. The summed E-state index contributed by atoms with van der Waals surface area (Å²) in [6.07, 6.45) is 6.20. The van der Waals surface area contributed by atoms with Crippen LogP contribution in [0.3, 0.4) is 0 Å². The maximum Gasteiger partial charge on any atom is 0.0947 e. The molecule has 0 saturated carbocycles. The molecule has 2 aliphatic rings. The van der Waals surface area contributed by atoms with E-state index in [4.69, 9.17) is 9.15 Å². The third-order valence-corrected chi connectivity index (χ3v) is 6.81. The zero-order valence-electron chi connectivity index (χ0n) is 15.0. The second kappa shape index (κ2) is 7.62. The van der Waals surface area contributed by atoms with E-state index in [0.717, 1.165) is 19.7 Å². The lowest BCUT2D eigenvalue weighted by Gasteiger charge is -2.42. The largest absolute Gasteiger partial charge is 0.472 e. The van der Waals surface area contributed by atoms with Crippen molar-refractivity contribution in [3.63, 3.8) is 0 Å². The third-order valence-electron chi connectivity index (χ3n) is 6.08. The molecule has 2 aromatic rings. The molecule has 0 amide bonds. The number of rotatable bonds is 6. The van der Waals surface area contributed by atoms with Crippen LogP contribution in [0.2, 0.25) is 0 Å². The van der Waals surface area contributed by atoms with E-state index in [2.05, 4.69) is 32.7 Å². The molecule has 4 rings (SSSR count). The number of ether oxygens (including phenoxy) is 1. The second-order valence-electron chi connectivity index (χ2n) is 7.72. The zero-order chi connectivity index (χ0) is 17.1. The predicted octanol–water partition coefficient (Wildman–Crippen LogP) is 3.70. The van der Waals surface area contributed by atoms with Crippen molar-refractivity contribution in [2.24, 2.45) is 11.3 Å². The first-order chi connectivity index (χ1) is 12.3. The number of nitrogens with zero attached hydrogens (tertiary/aromatic N) is 2. The molecule has 4 heterocycles. The topological polar surface area (TPSA) is 28.9 Å². The Balaban J connectivity index is 1.38. The Bertz CT molecular complexity index is 633. The van der Waals surface area contributed by atoms with Gasteiger partial charge in [0.2, 0.25) is 0 Å². The average Bonchev–Trinajstić information content (AvgIpc) is 3.34. The fourth-order valence-corrected chi connectivity index (χ4v) is 5.36. The lowest BCUT2D eigenvalue weighted by Crippen LogP contribution is -2.44. The van der Waals surface area contributed by atoms with Gasteiger partial charge in [0, 0.05) is 44.8 Å². The van der Waals surface area contributed by atoms with Gasteiger partial charge in [-0.15, -0.1) is 0 Å². The van der Waals surface area contributed by atoms with E-state index in [1.165, 1.54) is 50.1 Å². The van der Waals surface area contributed by atoms with Crippen molar-refractivity contribution in [1.29, 1.82) is 0 Å². The van der Waals surface area contributed by atoms with Crippen LogP contribution in [0.25, 0.3) is 0 Å². The molecule has 25 heavy (non-hydrogen) atoms. The van der Waals surface area contributed by atoms with Crippen LogP contribution >= 0.6 is 11.3 Å². The van der Waals surface area contributed by atoms with Crippen LogP contribution in [0.4, 0.5) is 0 Å². The van der Waals surface area contributed by atoms with Gasteiger partial charge in [0.25, 0.3) is 0 Å². The monoisotopic (exact) mass is 360 g/mol. The van der Waals surface area contributed by atoms with Crippen LogP contribution in [-0.2, 0) is 17.8 Å². The summed E-state index contributed by atoms with van der Waals surface area (Å²) < 4.78 is 10.8. The minimum absolute atomic E-state index is 0.429. The smallest absolute Gasteiger partial charge is 0.0947 e. The first-order valence-corrected chi connectivity index (χ1v) is 10.2. The average molecular weight is 361 g/mol. The van der Waals surface area contributed by atoms with Crippen molar-refractivity contribution in [2.45, 2.75) is 25.9 Å². The van der Waals surface area contributed by atoms with Crippen molar-refractivity contribution >= 4 is 11.3 Å². The summed E-state index contributed by atoms with van der Waals surface area (Å²) in [7, 11) is 1.85. The first-order valence-electron chi connectivity index (χ1n) is 9.23. The van der Waals surface area contributed by atoms with Crippen molar-refractivity contribution in [3.8, 4) is 0 Å².